The molecule has 1 aromatic carbocycles. The first-order valence-electron chi connectivity index (χ1n) is 5.94. The highest BCUT2D eigenvalue weighted by Crippen LogP contribution is 2.27. The molecule has 0 radical (unpaired) electrons. The van der Waals surface area contributed by atoms with Crippen LogP contribution in [0.3, 0.4) is 0 Å². The maximum absolute atomic E-state index is 11.8. The number of carbonyl (C=O) groups is 2. The zero-order valence-corrected chi connectivity index (χ0v) is 10.6. The number of benzene rings is 1. The lowest BCUT2D eigenvalue weighted by molar-refractivity contribution is -0.138. The molecular weight excluding hydrogens is 244 g/mol. The molecule has 0 saturated heterocycles. The highest BCUT2D eigenvalue weighted by Gasteiger charge is 2.17. The summed E-state index contributed by atoms with van der Waals surface area (Å²) in [5, 5.41) is 0. The van der Waals surface area contributed by atoms with Gasteiger partial charge in [-0.1, -0.05) is 12.1 Å². The van der Waals surface area contributed by atoms with Gasteiger partial charge in [0, 0.05) is 23.1 Å². The lowest BCUT2D eigenvalue weighted by Crippen LogP contribution is -2.16. The third kappa shape index (κ3) is 2.88. The number of fused-ring (bicyclic) bond motifs is 1. The van der Waals surface area contributed by atoms with Crippen LogP contribution in [0.15, 0.2) is 28.8 Å². The van der Waals surface area contributed by atoms with Gasteiger partial charge in [-0.3, -0.25) is 4.79 Å². The molecule has 5 nitrogen and oxygen atoms in total. The summed E-state index contributed by atoms with van der Waals surface area (Å²) in [6.45, 7) is 2.06. The summed E-state index contributed by atoms with van der Waals surface area (Å²) in [4.78, 5) is 26.7. The summed E-state index contributed by atoms with van der Waals surface area (Å²) >= 11 is 0. The second-order valence-electron chi connectivity index (χ2n) is 4.11. The van der Waals surface area contributed by atoms with Crippen LogP contribution < -0.4 is 5.73 Å². The molecule has 2 N–H and O–H groups in total. The zero-order valence-electron chi connectivity index (χ0n) is 10.6. The van der Waals surface area contributed by atoms with Crippen molar-refractivity contribution in [3.05, 3.63) is 34.9 Å². The fraction of sp³-hybridized carbons (Fsp3) is 0.214. The lowest BCUT2D eigenvalue weighted by atomic mass is 10.1. The fourth-order valence-electron chi connectivity index (χ4n) is 1.84. The molecule has 0 aromatic heterocycles. The van der Waals surface area contributed by atoms with E-state index in [-0.39, 0.29) is 6.42 Å². The molecule has 0 saturated carbocycles. The standard InChI is InChI=1S/C14H14N2O3/c1-2-19-14(18)11-6-10-4-3-9(8-17)5-12(10)16-13(15)7-11/h3-6,8H,2,7H2,1H3,(H2,15,16). The Balaban J connectivity index is 2.46. The Labute approximate surface area is 110 Å². The number of rotatable bonds is 3. The molecule has 0 aliphatic carbocycles. The smallest absolute Gasteiger partial charge is 0.334 e. The van der Waals surface area contributed by atoms with Gasteiger partial charge in [0.2, 0.25) is 0 Å². The van der Waals surface area contributed by atoms with Gasteiger partial charge < -0.3 is 10.5 Å². The number of carbonyl (C=O) groups excluding carboxylic acids is 2. The Morgan fingerprint density at radius 3 is 3.00 bits per heavy atom. The van der Waals surface area contributed by atoms with Gasteiger partial charge >= 0.3 is 5.97 Å². The van der Waals surface area contributed by atoms with Gasteiger partial charge in [0.15, 0.2) is 0 Å². The van der Waals surface area contributed by atoms with Crippen LogP contribution in [0.1, 0.15) is 29.3 Å². The van der Waals surface area contributed by atoms with Crippen molar-refractivity contribution in [3.8, 4) is 0 Å². The molecule has 0 spiro atoms. The normalized spacial score (nSPS) is 13.7. The van der Waals surface area contributed by atoms with Crippen molar-refractivity contribution in [1.29, 1.82) is 0 Å². The molecular formula is C14H14N2O3. The van der Waals surface area contributed by atoms with Gasteiger partial charge in [-0.15, -0.1) is 0 Å². The van der Waals surface area contributed by atoms with Crippen molar-refractivity contribution in [2.24, 2.45) is 10.7 Å². The van der Waals surface area contributed by atoms with Crippen molar-refractivity contribution < 1.29 is 14.3 Å². The van der Waals surface area contributed by atoms with Crippen molar-refractivity contribution in [1.82, 2.24) is 0 Å². The second kappa shape index (κ2) is 5.48. The molecule has 0 unspecified atom stereocenters. The largest absolute Gasteiger partial charge is 0.463 e. The van der Waals surface area contributed by atoms with E-state index in [1.807, 2.05) is 0 Å². The fourth-order valence-corrected chi connectivity index (χ4v) is 1.84. The Morgan fingerprint density at radius 1 is 1.53 bits per heavy atom. The number of aliphatic imine (C=N–C) groups is 1. The minimum Gasteiger partial charge on any atom is -0.463 e. The van der Waals surface area contributed by atoms with E-state index in [9.17, 15) is 9.59 Å². The molecule has 0 fully saturated rings. The van der Waals surface area contributed by atoms with E-state index in [2.05, 4.69) is 4.99 Å². The van der Waals surface area contributed by atoms with Gasteiger partial charge in [-0.2, -0.15) is 0 Å². The van der Waals surface area contributed by atoms with Crippen LogP contribution in [-0.2, 0) is 9.53 Å². The molecule has 1 heterocycles. The molecule has 98 valence electrons. The van der Waals surface area contributed by atoms with Crippen LogP contribution in [-0.4, -0.2) is 24.7 Å². The predicted octanol–water partition coefficient (Wildman–Crippen LogP) is 1.84. The molecule has 0 bridgehead atoms. The number of esters is 1. The van der Waals surface area contributed by atoms with Crippen LogP contribution in [0.4, 0.5) is 5.69 Å². The average molecular weight is 258 g/mol. The first-order valence-corrected chi connectivity index (χ1v) is 5.94. The summed E-state index contributed by atoms with van der Waals surface area (Å²) in [6.07, 6.45) is 2.68. The SMILES string of the molecule is CCOC(=O)C1=Cc2ccc(C=O)cc2N=C(N)C1. The highest BCUT2D eigenvalue weighted by molar-refractivity contribution is 6.03. The van der Waals surface area contributed by atoms with Crippen LogP contribution >= 0.6 is 0 Å². The summed E-state index contributed by atoms with van der Waals surface area (Å²) in [6, 6.07) is 5.04. The Bertz CT molecular complexity index is 588. The number of hydrogen-bond donors (Lipinski definition) is 1. The predicted molar refractivity (Wildman–Crippen MR) is 72.3 cm³/mol. The van der Waals surface area contributed by atoms with E-state index < -0.39 is 5.97 Å². The van der Waals surface area contributed by atoms with Crippen LogP contribution in [0.25, 0.3) is 6.08 Å². The number of aldehydes is 1. The van der Waals surface area contributed by atoms with Crippen molar-refractivity contribution in [2.75, 3.05) is 6.61 Å². The van der Waals surface area contributed by atoms with Crippen LogP contribution in [0.2, 0.25) is 0 Å². The van der Waals surface area contributed by atoms with E-state index in [1.54, 1.807) is 31.2 Å². The average Bonchev–Trinajstić information content (AvgIpc) is 2.56. The highest BCUT2D eigenvalue weighted by atomic mass is 16.5. The minimum absolute atomic E-state index is 0.240. The van der Waals surface area contributed by atoms with Gasteiger partial charge in [0.05, 0.1) is 12.3 Å². The molecule has 2 rings (SSSR count). The molecule has 1 aromatic rings. The first-order chi connectivity index (χ1) is 9.13. The van der Waals surface area contributed by atoms with E-state index >= 15 is 0 Å². The maximum atomic E-state index is 11.8. The number of ether oxygens (including phenoxy) is 1. The first kappa shape index (κ1) is 13.0. The third-order valence-corrected chi connectivity index (χ3v) is 2.69. The molecule has 5 heteroatoms. The summed E-state index contributed by atoms with van der Waals surface area (Å²) in [5.41, 5.74) is 8.08. The van der Waals surface area contributed by atoms with E-state index in [0.717, 1.165) is 11.8 Å². The summed E-state index contributed by atoms with van der Waals surface area (Å²) in [5.74, 6) is -0.0749. The second-order valence-corrected chi connectivity index (χ2v) is 4.11. The quantitative estimate of drug-likeness (QED) is 0.662. The number of nitrogens with zero attached hydrogens (tertiary/aromatic N) is 1. The van der Waals surface area contributed by atoms with E-state index in [0.29, 0.717) is 29.3 Å². The van der Waals surface area contributed by atoms with Gasteiger partial charge in [-0.25, -0.2) is 9.79 Å². The summed E-state index contributed by atoms with van der Waals surface area (Å²) in [7, 11) is 0. The maximum Gasteiger partial charge on any atom is 0.334 e. The van der Waals surface area contributed by atoms with Crippen molar-refractivity contribution in [3.63, 3.8) is 0 Å². The van der Waals surface area contributed by atoms with Gasteiger partial charge in [0.25, 0.3) is 0 Å². The number of hydrogen-bond acceptors (Lipinski definition) is 5. The number of nitrogens with two attached hydrogens (primary N) is 1. The molecule has 0 atom stereocenters. The monoisotopic (exact) mass is 258 g/mol. The molecule has 19 heavy (non-hydrogen) atoms. The zero-order chi connectivity index (χ0) is 13.8. The van der Waals surface area contributed by atoms with Gasteiger partial charge in [0.1, 0.15) is 12.1 Å². The lowest BCUT2D eigenvalue weighted by Gasteiger charge is -2.04. The van der Waals surface area contributed by atoms with Gasteiger partial charge in [-0.05, 0) is 19.1 Å². The molecule has 0 amide bonds. The minimum atomic E-state index is -0.395. The Morgan fingerprint density at radius 2 is 2.32 bits per heavy atom. The van der Waals surface area contributed by atoms with Crippen molar-refractivity contribution >= 4 is 29.9 Å². The Hall–Kier alpha value is -2.43. The third-order valence-electron chi connectivity index (χ3n) is 2.69. The summed E-state index contributed by atoms with van der Waals surface area (Å²) < 4.78 is 4.97. The van der Waals surface area contributed by atoms with Crippen molar-refractivity contribution in [2.45, 2.75) is 13.3 Å². The molecule has 1 aliphatic rings. The molecule has 1 aliphatic heterocycles. The van der Waals surface area contributed by atoms with Crippen LogP contribution in [0, 0.1) is 0 Å². The van der Waals surface area contributed by atoms with Crippen LogP contribution in [0.5, 0.6) is 0 Å². The number of amidine groups is 1. The Kier molecular flexibility index (Phi) is 3.75. The van der Waals surface area contributed by atoms with E-state index in [4.69, 9.17) is 10.5 Å². The van der Waals surface area contributed by atoms with E-state index in [1.165, 1.54) is 0 Å². The topological polar surface area (TPSA) is 81.8 Å².